The highest BCUT2D eigenvalue weighted by Gasteiger charge is 2.11. The van der Waals surface area contributed by atoms with Gasteiger partial charge in [-0.25, -0.2) is 0 Å². The highest BCUT2D eigenvalue weighted by atomic mass is 79.9. The van der Waals surface area contributed by atoms with E-state index in [1.54, 1.807) is 6.07 Å². The van der Waals surface area contributed by atoms with Gasteiger partial charge in [0.15, 0.2) is 0 Å². The van der Waals surface area contributed by atoms with Crippen molar-refractivity contribution in [1.82, 2.24) is 10.2 Å². The number of hydrogen-bond acceptors (Lipinski definition) is 5. The van der Waals surface area contributed by atoms with Crippen molar-refractivity contribution >= 4 is 39.3 Å². The van der Waals surface area contributed by atoms with Crippen LogP contribution in [0.15, 0.2) is 62.6 Å². The summed E-state index contributed by atoms with van der Waals surface area (Å²) in [6.45, 7) is 0.501. The maximum Gasteiger partial charge on any atom is 0.276 e. The van der Waals surface area contributed by atoms with Crippen molar-refractivity contribution in [1.29, 1.82) is 0 Å². The number of benzene rings is 2. The van der Waals surface area contributed by atoms with E-state index >= 15 is 0 Å². The zero-order chi connectivity index (χ0) is 16.1. The molecule has 0 saturated heterocycles. The predicted octanol–water partition coefficient (Wildman–Crippen LogP) is 5.32. The molecule has 1 heterocycles. The number of thioether (sulfide) groups is 1. The third-order valence-corrected chi connectivity index (χ3v) is 4.70. The lowest BCUT2D eigenvalue weighted by molar-refractivity contribution is 0.343. The first-order valence-electron chi connectivity index (χ1n) is 6.82. The zero-order valence-electron chi connectivity index (χ0n) is 11.9. The number of rotatable bonds is 6. The number of halogens is 2. The van der Waals surface area contributed by atoms with Crippen molar-refractivity contribution in [2.24, 2.45) is 0 Å². The maximum atomic E-state index is 6.03. The van der Waals surface area contributed by atoms with Crippen LogP contribution in [0.4, 0.5) is 0 Å². The summed E-state index contributed by atoms with van der Waals surface area (Å²) in [4.78, 5) is 0. The molecule has 3 rings (SSSR count). The third-order valence-electron chi connectivity index (χ3n) is 2.91. The Morgan fingerprint density at radius 1 is 1.09 bits per heavy atom. The van der Waals surface area contributed by atoms with Gasteiger partial charge in [-0.15, -0.1) is 10.2 Å². The zero-order valence-corrected chi connectivity index (χ0v) is 15.1. The Bertz CT molecular complexity index is 797. The van der Waals surface area contributed by atoms with Crippen LogP contribution in [0, 0.1) is 0 Å². The molecule has 23 heavy (non-hydrogen) atoms. The van der Waals surface area contributed by atoms with Crippen LogP contribution >= 0.6 is 39.3 Å². The smallest absolute Gasteiger partial charge is 0.276 e. The molecule has 1 aromatic heterocycles. The molecule has 0 spiro atoms. The predicted molar refractivity (Wildman–Crippen MR) is 95.1 cm³/mol. The Morgan fingerprint density at radius 3 is 2.70 bits per heavy atom. The summed E-state index contributed by atoms with van der Waals surface area (Å²) in [6.07, 6.45) is 0. The van der Waals surface area contributed by atoms with Gasteiger partial charge in [0.2, 0.25) is 5.89 Å². The number of para-hydroxylation sites is 1. The van der Waals surface area contributed by atoms with E-state index in [4.69, 9.17) is 20.8 Å². The molecule has 0 aliphatic heterocycles. The van der Waals surface area contributed by atoms with Crippen LogP contribution < -0.4 is 4.74 Å². The highest BCUT2D eigenvalue weighted by Crippen LogP contribution is 2.29. The molecule has 0 radical (unpaired) electrons. The fourth-order valence-electron chi connectivity index (χ4n) is 1.85. The molecular weight excluding hydrogens is 400 g/mol. The minimum atomic E-state index is 0.493. The highest BCUT2D eigenvalue weighted by molar-refractivity contribution is 9.10. The molecule has 0 fully saturated rings. The summed E-state index contributed by atoms with van der Waals surface area (Å²) >= 11 is 10.9. The van der Waals surface area contributed by atoms with E-state index in [0.29, 0.717) is 34.2 Å². The number of hydrogen-bond donors (Lipinski definition) is 0. The lowest BCUT2D eigenvalue weighted by Gasteiger charge is -2.06. The van der Waals surface area contributed by atoms with Gasteiger partial charge >= 0.3 is 0 Å². The van der Waals surface area contributed by atoms with E-state index < -0.39 is 0 Å². The molecule has 3 aromatic rings. The molecule has 0 unspecified atom stereocenters. The van der Waals surface area contributed by atoms with E-state index in [-0.39, 0.29) is 0 Å². The van der Waals surface area contributed by atoms with Crippen LogP contribution in [0.5, 0.6) is 5.75 Å². The first-order chi connectivity index (χ1) is 11.2. The number of aromatic nitrogens is 2. The SMILES string of the molecule is Clc1ccccc1OCCSc1nnc(-c2ccccc2Br)o1. The van der Waals surface area contributed by atoms with Gasteiger partial charge in [0.1, 0.15) is 5.75 Å². The number of nitrogens with zero attached hydrogens (tertiary/aromatic N) is 2. The molecule has 4 nitrogen and oxygen atoms in total. The summed E-state index contributed by atoms with van der Waals surface area (Å²) in [6, 6.07) is 15.1. The van der Waals surface area contributed by atoms with Crippen molar-refractivity contribution in [3.8, 4) is 17.2 Å². The van der Waals surface area contributed by atoms with Crippen molar-refractivity contribution < 1.29 is 9.15 Å². The summed E-state index contributed by atoms with van der Waals surface area (Å²) < 4.78 is 12.2. The fraction of sp³-hybridized carbons (Fsp3) is 0.125. The molecule has 0 atom stereocenters. The average molecular weight is 412 g/mol. The minimum absolute atomic E-state index is 0.493. The Balaban J connectivity index is 1.54. The van der Waals surface area contributed by atoms with E-state index in [9.17, 15) is 0 Å². The van der Waals surface area contributed by atoms with Gasteiger partial charge in [-0.2, -0.15) is 0 Å². The molecule has 118 valence electrons. The second-order valence-electron chi connectivity index (χ2n) is 4.48. The third kappa shape index (κ3) is 4.28. The Hall–Kier alpha value is -1.50. The molecule has 2 aromatic carbocycles. The lowest BCUT2D eigenvalue weighted by atomic mass is 10.2. The van der Waals surface area contributed by atoms with Crippen LogP contribution in [0.25, 0.3) is 11.5 Å². The fourth-order valence-corrected chi connectivity index (χ4v) is 3.08. The van der Waals surface area contributed by atoms with Crippen LogP contribution in [0.3, 0.4) is 0 Å². The van der Waals surface area contributed by atoms with E-state index in [1.807, 2.05) is 42.5 Å². The molecule has 0 N–H and O–H groups in total. The van der Waals surface area contributed by atoms with E-state index in [1.165, 1.54) is 11.8 Å². The van der Waals surface area contributed by atoms with Gasteiger partial charge in [0.25, 0.3) is 5.22 Å². The van der Waals surface area contributed by atoms with Crippen LogP contribution in [-0.2, 0) is 0 Å². The molecule has 0 amide bonds. The van der Waals surface area contributed by atoms with Crippen molar-refractivity contribution in [2.75, 3.05) is 12.4 Å². The summed E-state index contributed by atoms with van der Waals surface area (Å²) in [5, 5.41) is 9.22. The number of ether oxygens (including phenoxy) is 1. The van der Waals surface area contributed by atoms with Crippen LogP contribution in [0.2, 0.25) is 5.02 Å². The van der Waals surface area contributed by atoms with Gasteiger partial charge in [-0.3, -0.25) is 0 Å². The Kier molecular flexibility index (Phi) is 5.59. The van der Waals surface area contributed by atoms with Gasteiger partial charge in [0, 0.05) is 10.2 Å². The average Bonchev–Trinajstić information content (AvgIpc) is 3.02. The Morgan fingerprint density at radius 2 is 1.87 bits per heavy atom. The van der Waals surface area contributed by atoms with Crippen LogP contribution in [-0.4, -0.2) is 22.6 Å². The Labute approximate surface area is 151 Å². The van der Waals surface area contributed by atoms with Crippen molar-refractivity contribution in [2.45, 2.75) is 5.22 Å². The minimum Gasteiger partial charge on any atom is -0.491 e. The quantitative estimate of drug-likeness (QED) is 0.405. The van der Waals surface area contributed by atoms with Gasteiger partial charge < -0.3 is 9.15 Å². The molecule has 0 aliphatic carbocycles. The van der Waals surface area contributed by atoms with Gasteiger partial charge in [-0.05, 0) is 40.2 Å². The summed E-state index contributed by atoms with van der Waals surface area (Å²) in [5.74, 6) is 1.85. The summed E-state index contributed by atoms with van der Waals surface area (Å²) in [7, 11) is 0. The first kappa shape index (κ1) is 16.4. The standard InChI is InChI=1S/C16H12BrClN2O2S/c17-12-6-2-1-5-11(12)15-19-20-16(22-15)23-10-9-21-14-8-4-3-7-13(14)18/h1-8H,9-10H2. The normalized spacial score (nSPS) is 10.7. The monoisotopic (exact) mass is 410 g/mol. The second-order valence-corrected chi connectivity index (χ2v) is 6.79. The lowest BCUT2D eigenvalue weighted by Crippen LogP contribution is -2.00. The molecule has 0 saturated carbocycles. The molecular formula is C16H12BrClN2O2S. The largest absolute Gasteiger partial charge is 0.491 e. The topological polar surface area (TPSA) is 48.2 Å². The van der Waals surface area contributed by atoms with E-state index in [2.05, 4.69) is 26.1 Å². The van der Waals surface area contributed by atoms with Crippen molar-refractivity contribution in [3.05, 3.63) is 58.0 Å². The molecule has 0 bridgehead atoms. The van der Waals surface area contributed by atoms with Crippen molar-refractivity contribution in [3.63, 3.8) is 0 Å². The second kappa shape index (κ2) is 7.86. The van der Waals surface area contributed by atoms with Gasteiger partial charge in [0.05, 0.1) is 17.2 Å². The van der Waals surface area contributed by atoms with E-state index in [0.717, 1.165) is 10.0 Å². The molecule has 7 heteroatoms. The summed E-state index contributed by atoms with van der Waals surface area (Å²) in [5.41, 5.74) is 0.874. The molecule has 0 aliphatic rings. The van der Waals surface area contributed by atoms with Gasteiger partial charge in [-0.1, -0.05) is 47.6 Å². The van der Waals surface area contributed by atoms with Crippen LogP contribution in [0.1, 0.15) is 0 Å². The maximum absolute atomic E-state index is 6.03. The first-order valence-corrected chi connectivity index (χ1v) is 8.98.